The van der Waals surface area contributed by atoms with Gasteiger partial charge >= 0.3 is 5.97 Å². The fourth-order valence-electron chi connectivity index (χ4n) is 0.712. The first-order valence-corrected chi connectivity index (χ1v) is 4.77. The summed E-state index contributed by atoms with van der Waals surface area (Å²) in [6.07, 6.45) is 0. The molecule has 0 saturated carbocycles. The summed E-state index contributed by atoms with van der Waals surface area (Å²) < 4.78 is 13.6. The van der Waals surface area contributed by atoms with Crippen molar-refractivity contribution < 1.29 is 14.3 Å². The highest BCUT2D eigenvalue weighted by atomic mass is 127. The molecule has 0 heterocycles. The van der Waals surface area contributed by atoms with Crippen molar-refractivity contribution >= 4 is 44.5 Å². The molecule has 12 heavy (non-hydrogen) atoms. The van der Waals surface area contributed by atoms with E-state index >= 15 is 0 Å². The zero-order valence-electron chi connectivity index (χ0n) is 5.64. The number of hydrogen-bond donors (Lipinski definition) is 1. The topological polar surface area (TPSA) is 37.3 Å². The average Bonchev–Trinajstić information content (AvgIpc) is 1.96. The molecule has 1 rings (SSSR count). The minimum atomic E-state index is -1.13. The highest BCUT2D eigenvalue weighted by Crippen LogP contribution is 2.24. The van der Waals surface area contributed by atoms with Gasteiger partial charge in [0.2, 0.25) is 0 Å². The number of carbonyl (C=O) groups is 1. The number of rotatable bonds is 1. The van der Waals surface area contributed by atoms with Crippen molar-refractivity contribution in [1.29, 1.82) is 0 Å². The molecule has 5 heteroatoms. The van der Waals surface area contributed by atoms with Crippen LogP contribution in [0.4, 0.5) is 4.39 Å². The van der Waals surface area contributed by atoms with Gasteiger partial charge in [0.1, 0.15) is 5.82 Å². The van der Waals surface area contributed by atoms with E-state index in [-0.39, 0.29) is 5.56 Å². The lowest BCUT2D eigenvalue weighted by Crippen LogP contribution is -2.01. The third-order valence-electron chi connectivity index (χ3n) is 1.22. The first kappa shape index (κ1) is 9.91. The summed E-state index contributed by atoms with van der Waals surface area (Å²) in [6, 6.07) is 2.23. The molecule has 0 bridgehead atoms. The van der Waals surface area contributed by atoms with Gasteiger partial charge in [-0.15, -0.1) is 0 Å². The van der Waals surface area contributed by atoms with Gasteiger partial charge in [0.25, 0.3) is 0 Å². The average molecular weight is 345 g/mol. The van der Waals surface area contributed by atoms with Crippen molar-refractivity contribution in [3.05, 3.63) is 31.6 Å². The number of carboxylic acids is 1. The van der Waals surface area contributed by atoms with Crippen molar-refractivity contribution in [2.24, 2.45) is 0 Å². The van der Waals surface area contributed by atoms with E-state index in [1.807, 2.05) is 22.6 Å². The van der Waals surface area contributed by atoms with Gasteiger partial charge < -0.3 is 5.11 Å². The second-order valence-electron chi connectivity index (χ2n) is 2.05. The van der Waals surface area contributed by atoms with Crippen molar-refractivity contribution in [3.63, 3.8) is 0 Å². The summed E-state index contributed by atoms with van der Waals surface area (Å²) in [6.45, 7) is 0. The van der Waals surface area contributed by atoms with Crippen LogP contribution in [0, 0.1) is 9.39 Å². The maximum Gasteiger partial charge on any atom is 0.336 e. The molecule has 1 aromatic rings. The molecule has 0 amide bonds. The number of aromatic carboxylic acids is 1. The quantitative estimate of drug-likeness (QED) is 0.628. The van der Waals surface area contributed by atoms with E-state index in [4.69, 9.17) is 5.11 Å². The molecule has 0 unspecified atom stereocenters. The lowest BCUT2D eigenvalue weighted by atomic mass is 10.2. The third-order valence-corrected chi connectivity index (χ3v) is 3.75. The van der Waals surface area contributed by atoms with Crippen molar-refractivity contribution in [3.8, 4) is 0 Å². The fraction of sp³-hybridized carbons (Fsp3) is 0. The Morgan fingerprint density at radius 1 is 1.58 bits per heavy atom. The number of hydrogen-bond acceptors (Lipinski definition) is 1. The van der Waals surface area contributed by atoms with Gasteiger partial charge in [-0.05, 0) is 50.7 Å². The summed E-state index contributed by atoms with van der Waals surface area (Å²) in [5.41, 5.74) is -0.0255. The van der Waals surface area contributed by atoms with E-state index < -0.39 is 11.8 Å². The summed E-state index contributed by atoms with van der Waals surface area (Å²) in [5.74, 6) is -1.68. The molecule has 1 N–H and O–H groups in total. The first-order valence-electron chi connectivity index (χ1n) is 2.90. The Balaban J connectivity index is 3.37. The van der Waals surface area contributed by atoms with Gasteiger partial charge in [-0.1, -0.05) is 0 Å². The number of benzene rings is 1. The second-order valence-corrected chi connectivity index (χ2v) is 3.99. The van der Waals surface area contributed by atoms with Gasteiger partial charge in [0.05, 0.1) is 5.56 Å². The molecule has 0 aliphatic carbocycles. The Bertz CT molecular complexity index is 340. The van der Waals surface area contributed by atoms with E-state index in [1.165, 1.54) is 6.07 Å². The van der Waals surface area contributed by atoms with Crippen LogP contribution in [-0.4, -0.2) is 11.1 Å². The van der Waals surface area contributed by atoms with Gasteiger partial charge in [0, 0.05) is 8.04 Å². The predicted octanol–water partition coefficient (Wildman–Crippen LogP) is 2.89. The molecule has 0 atom stereocenters. The summed E-state index contributed by atoms with van der Waals surface area (Å²) in [7, 11) is 0. The lowest BCUT2D eigenvalue weighted by Gasteiger charge is -2.01. The zero-order valence-corrected chi connectivity index (χ0v) is 9.39. The Hall–Kier alpha value is -0.170. The maximum absolute atomic E-state index is 12.7. The second kappa shape index (κ2) is 3.69. The Morgan fingerprint density at radius 3 is 2.67 bits per heavy atom. The van der Waals surface area contributed by atoms with Crippen LogP contribution in [0.15, 0.2) is 16.6 Å². The molecule has 0 radical (unpaired) electrons. The molecule has 0 saturated heterocycles. The molecular formula is C7H3BrFIO2. The standard InChI is InChI=1S/C7H3BrFIO2/c8-5-2-3(9)1-4(6(5)10)7(11)12/h1-2H,(H,11,12). The van der Waals surface area contributed by atoms with E-state index in [0.29, 0.717) is 8.04 Å². The van der Waals surface area contributed by atoms with Crippen LogP contribution in [0.5, 0.6) is 0 Å². The molecule has 1 aromatic carbocycles. The van der Waals surface area contributed by atoms with Crippen LogP contribution in [0.1, 0.15) is 10.4 Å². The van der Waals surface area contributed by atoms with Gasteiger partial charge in [-0.3, -0.25) is 0 Å². The van der Waals surface area contributed by atoms with Crippen molar-refractivity contribution in [1.82, 2.24) is 0 Å². The van der Waals surface area contributed by atoms with Crippen LogP contribution < -0.4 is 0 Å². The first-order chi connectivity index (χ1) is 5.52. The Morgan fingerprint density at radius 2 is 2.17 bits per heavy atom. The van der Waals surface area contributed by atoms with Crippen LogP contribution >= 0.6 is 38.5 Å². The lowest BCUT2D eigenvalue weighted by molar-refractivity contribution is 0.0695. The molecule has 2 nitrogen and oxygen atoms in total. The molecule has 0 aromatic heterocycles. The minimum Gasteiger partial charge on any atom is -0.478 e. The van der Waals surface area contributed by atoms with Crippen LogP contribution in [0.2, 0.25) is 0 Å². The number of halogens is 3. The normalized spacial score (nSPS) is 9.92. The number of carboxylic acid groups (broad SMARTS) is 1. The van der Waals surface area contributed by atoms with Crippen LogP contribution in [0.3, 0.4) is 0 Å². The molecule has 0 aliphatic heterocycles. The van der Waals surface area contributed by atoms with Crippen LogP contribution in [0.25, 0.3) is 0 Å². The summed E-state index contributed by atoms with van der Waals surface area (Å²) in [5, 5.41) is 8.62. The Labute approximate surface area is 90.0 Å². The van der Waals surface area contributed by atoms with E-state index in [2.05, 4.69) is 15.9 Å². The minimum absolute atomic E-state index is 0.0255. The summed E-state index contributed by atoms with van der Waals surface area (Å²) in [4.78, 5) is 10.5. The van der Waals surface area contributed by atoms with E-state index in [1.54, 1.807) is 0 Å². The van der Waals surface area contributed by atoms with E-state index in [9.17, 15) is 9.18 Å². The zero-order chi connectivity index (χ0) is 9.30. The Kier molecular flexibility index (Phi) is 3.05. The van der Waals surface area contributed by atoms with Gasteiger partial charge in [0.15, 0.2) is 0 Å². The smallest absolute Gasteiger partial charge is 0.336 e. The molecule has 64 valence electrons. The molecular weight excluding hydrogens is 342 g/mol. The molecule has 0 fully saturated rings. The van der Waals surface area contributed by atoms with Crippen molar-refractivity contribution in [2.75, 3.05) is 0 Å². The largest absolute Gasteiger partial charge is 0.478 e. The fourth-order valence-corrected chi connectivity index (χ4v) is 1.69. The molecule has 0 aliphatic rings. The van der Waals surface area contributed by atoms with E-state index in [0.717, 1.165) is 6.07 Å². The molecule has 0 spiro atoms. The SMILES string of the molecule is O=C(O)c1cc(F)cc(Br)c1I. The maximum atomic E-state index is 12.7. The predicted molar refractivity (Wildman–Crippen MR) is 53.8 cm³/mol. The third kappa shape index (κ3) is 1.95. The highest BCUT2D eigenvalue weighted by Gasteiger charge is 2.12. The van der Waals surface area contributed by atoms with Crippen molar-refractivity contribution in [2.45, 2.75) is 0 Å². The van der Waals surface area contributed by atoms with Crippen LogP contribution in [-0.2, 0) is 0 Å². The highest BCUT2D eigenvalue weighted by molar-refractivity contribution is 14.1. The van der Waals surface area contributed by atoms with Gasteiger partial charge in [-0.2, -0.15) is 0 Å². The van der Waals surface area contributed by atoms with Gasteiger partial charge in [-0.25, -0.2) is 9.18 Å². The monoisotopic (exact) mass is 344 g/mol. The summed E-state index contributed by atoms with van der Waals surface area (Å²) >= 11 is 4.90.